The lowest BCUT2D eigenvalue weighted by Gasteiger charge is -2.20. The number of hydrogen-bond acceptors (Lipinski definition) is 4. The second kappa shape index (κ2) is 6.73. The van der Waals surface area contributed by atoms with Crippen LogP contribution in [0.1, 0.15) is 31.3 Å². The fourth-order valence-corrected chi connectivity index (χ4v) is 2.31. The number of nitrogens with one attached hydrogen (secondary N) is 1. The van der Waals surface area contributed by atoms with Crippen LogP contribution in [0.3, 0.4) is 0 Å². The van der Waals surface area contributed by atoms with E-state index in [0.29, 0.717) is 18.8 Å². The lowest BCUT2D eigenvalue weighted by molar-refractivity contribution is 0.0526. The van der Waals surface area contributed by atoms with Crippen LogP contribution in [0.5, 0.6) is 0 Å². The summed E-state index contributed by atoms with van der Waals surface area (Å²) in [4.78, 5) is 23.6. The van der Waals surface area contributed by atoms with Gasteiger partial charge in [0.15, 0.2) is 0 Å². The number of methoxy groups -OCH3 is 1. The molecule has 0 fully saturated rings. The van der Waals surface area contributed by atoms with Gasteiger partial charge in [-0.3, -0.25) is 0 Å². The minimum absolute atomic E-state index is 0.345. The summed E-state index contributed by atoms with van der Waals surface area (Å²) < 4.78 is 11.9. The van der Waals surface area contributed by atoms with Crippen LogP contribution in [0.25, 0.3) is 10.9 Å². The highest BCUT2D eigenvalue weighted by Gasteiger charge is 2.17. The van der Waals surface area contributed by atoms with Crippen LogP contribution >= 0.6 is 0 Å². The molecule has 0 atom stereocenters. The van der Waals surface area contributed by atoms with Crippen LogP contribution in [0.15, 0.2) is 30.3 Å². The van der Waals surface area contributed by atoms with Crippen LogP contribution < -0.4 is 5.32 Å². The molecule has 0 unspecified atom stereocenters. The first-order chi connectivity index (χ1) is 10.8. The molecule has 124 valence electrons. The average molecular weight is 318 g/mol. The molecule has 1 aromatic carbocycles. The van der Waals surface area contributed by atoms with E-state index in [4.69, 9.17) is 9.47 Å². The molecule has 6 nitrogen and oxygen atoms in total. The molecule has 2 rings (SSSR count). The zero-order chi connectivity index (χ0) is 17.0. The molecule has 0 aliphatic carbocycles. The van der Waals surface area contributed by atoms with Gasteiger partial charge < -0.3 is 19.4 Å². The fourth-order valence-electron chi connectivity index (χ4n) is 2.31. The standard InChI is InChI=1S/C17H22N2O4/c1-17(2,3)23-16(21)18-9-10-19-13-8-6-5-7-12(13)11-14(19)15(20)22-4/h5-8,11H,9-10H2,1-4H3,(H,18,21). The predicted octanol–water partition coefficient (Wildman–Crippen LogP) is 2.95. The van der Waals surface area contributed by atoms with Crippen molar-refractivity contribution >= 4 is 23.0 Å². The van der Waals surface area contributed by atoms with E-state index in [1.807, 2.05) is 28.8 Å². The number of para-hydroxylation sites is 1. The van der Waals surface area contributed by atoms with Gasteiger partial charge in [0.2, 0.25) is 0 Å². The third kappa shape index (κ3) is 4.25. The first kappa shape index (κ1) is 16.9. The van der Waals surface area contributed by atoms with Crippen molar-refractivity contribution in [3.05, 3.63) is 36.0 Å². The number of aromatic nitrogens is 1. The molecule has 0 spiro atoms. The summed E-state index contributed by atoms with van der Waals surface area (Å²) >= 11 is 0. The van der Waals surface area contributed by atoms with Gasteiger partial charge in [-0.1, -0.05) is 18.2 Å². The Morgan fingerprint density at radius 3 is 2.57 bits per heavy atom. The zero-order valence-corrected chi connectivity index (χ0v) is 13.9. The minimum Gasteiger partial charge on any atom is -0.464 e. The van der Waals surface area contributed by atoms with Crippen molar-refractivity contribution in [2.24, 2.45) is 0 Å². The van der Waals surface area contributed by atoms with E-state index in [0.717, 1.165) is 10.9 Å². The molecular formula is C17H22N2O4. The number of alkyl carbamates (subject to hydrolysis) is 1. The lowest BCUT2D eigenvalue weighted by Crippen LogP contribution is -2.34. The molecule has 2 aromatic rings. The molecule has 6 heteroatoms. The van der Waals surface area contributed by atoms with Crippen molar-refractivity contribution in [2.75, 3.05) is 13.7 Å². The first-order valence-corrected chi connectivity index (χ1v) is 7.45. The second-order valence-corrected chi connectivity index (χ2v) is 6.16. The zero-order valence-electron chi connectivity index (χ0n) is 13.9. The van der Waals surface area contributed by atoms with Gasteiger partial charge in [-0.15, -0.1) is 0 Å². The molecule has 1 N–H and O–H groups in total. The Labute approximate surface area is 135 Å². The number of esters is 1. The number of carbonyl (C=O) groups excluding carboxylic acids is 2. The predicted molar refractivity (Wildman–Crippen MR) is 87.5 cm³/mol. The van der Waals surface area contributed by atoms with E-state index in [9.17, 15) is 9.59 Å². The SMILES string of the molecule is COC(=O)c1cc2ccccc2n1CCNC(=O)OC(C)(C)C. The summed E-state index contributed by atoms with van der Waals surface area (Å²) in [6.07, 6.45) is -0.478. The second-order valence-electron chi connectivity index (χ2n) is 6.16. The summed E-state index contributed by atoms with van der Waals surface area (Å²) in [5.41, 5.74) is 0.833. The molecule has 0 saturated carbocycles. The number of hydrogen-bond donors (Lipinski definition) is 1. The van der Waals surface area contributed by atoms with Gasteiger partial charge >= 0.3 is 12.1 Å². The normalized spacial score (nSPS) is 11.3. The van der Waals surface area contributed by atoms with E-state index < -0.39 is 17.7 Å². The largest absolute Gasteiger partial charge is 0.464 e. The Bertz CT molecular complexity index is 713. The first-order valence-electron chi connectivity index (χ1n) is 7.45. The topological polar surface area (TPSA) is 69.6 Å². The summed E-state index contributed by atoms with van der Waals surface area (Å²) in [6.45, 7) is 6.21. The summed E-state index contributed by atoms with van der Waals surface area (Å²) in [5.74, 6) is -0.404. The molecule has 1 amide bonds. The average Bonchev–Trinajstić information content (AvgIpc) is 2.83. The quantitative estimate of drug-likeness (QED) is 0.880. The van der Waals surface area contributed by atoms with Crippen LogP contribution in [0.4, 0.5) is 4.79 Å². The number of nitrogens with zero attached hydrogens (tertiary/aromatic N) is 1. The third-order valence-electron chi connectivity index (χ3n) is 3.21. The Morgan fingerprint density at radius 2 is 1.91 bits per heavy atom. The number of ether oxygens (including phenoxy) is 2. The maximum absolute atomic E-state index is 11.9. The summed E-state index contributed by atoms with van der Waals surface area (Å²) in [6, 6.07) is 9.46. The van der Waals surface area contributed by atoms with E-state index in [2.05, 4.69) is 5.32 Å². The Morgan fingerprint density at radius 1 is 1.22 bits per heavy atom. The molecule has 0 aliphatic rings. The van der Waals surface area contributed by atoms with E-state index >= 15 is 0 Å². The number of benzene rings is 1. The van der Waals surface area contributed by atoms with Crippen LogP contribution in [0, 0.1) is 0 Å². The van der Waals surface area contributed by atoms with Gasteiger partial charge in [-0.25, -0.2) is 9.59 Å². The Kier molecular flexibility index (Phi) is 4.93. The maximum Gasteiger partial charge on any atom is 0.407 e. The number of fused-ring (bicyclic) bond motifs is 1. The lowest BCUT2D eigenvalue weighted by atomic mass is 10.2. The highest BCUT2D eigenvalue weighted by molar-refractivity contribution is 5.95. The van der Waals surface area contributed by atoms with Crippen molar-refractivity contribution in [3.8, 4) is 0 Å². The molecule has 1 heterocycles. The van der Waals surface area contributed by atoms with Crippen LogP contribution in [-0.4, -0.2) is 35.9 Å². The fraction of sp³-hybridized carbons (Fsp3) is 0.412. The summed E-state index contributed by atoms with van der Waals surface area (Å²) in [7, 11) is 1.35. The third-order valence-corrected chi connectivity index (χ3v) is 3.21. The highest BCUT2D eigenvalue weighted by Crippen LogP contribution is 2.20. The van der Waals surface area contributed by atoms with E-state index in [1.165, 1.54) is 7.11 Å². The smallest absolute Gasteiger partial charge is 0.407 e. The highest BCUT2D eigenvalue weighted by atomic mass is 16.6. The van der Waals surface area contributed by atoms with Crippen molar-refractivity contribution in [1.29, 1.82) is 0 Å². The Hall–Kier alpha value is -2.50. The van der Waals surface area contributed by atoms with Gasteiger partial charge in [-0.05, 0) is 32.9 Å². The van der Waals surface area contributed by atoms with Crippen molar-refractivity contribution in [3.63, 3.8) is 0 Å². The molecule has 23 heavy (non-hydrogen) atoms. The van der Waals surface area contributed by atoms with E-state index in [-0.39, 0.29) is 0 Å². The van der Waals surface area contributed by atoms with Gasteiger partial charge in [0.05, 0.1) is 7.11 Å². The molecule has 0 radical (unpaired) electrons. The van der Waals surface area contributed by atoms with Crippen molar-refractivity contribution in [1.82, 2.24) is 9.88 Å². The molecule has 0 saturated heterocycles. The van der Waals surface area contributed by atoms with Crippen LogP contribution in [0.2, 0.25) is 0 Å². The summed E-state index contributed by atoms with van der Waals surface area (Å²) in [5, 5.41) is 3.64. The van der Waals surface area contributed by atoms with Crippen molar-refractivity contribution in [2.45, 2.75) is 32.9 Å². The van der Waals surface area contributed by atoms with Gasteiger partial charge in [0.25, 0.3) is 0 Å². The van der Waals surface area contributed by atoms with Gasteiger partial charge in [0, 0.05) is 24.0 Å². The maximum atomic E-state index is 11.9. The van der Waals surface area contributed by atoms with Crippen molar-refractivity contribution < 1.29 is 19.1 Å². The van der Waals surface area contributed by atoms with Gasteiger partial charge in [0.1, 0.15) is 11.3 Å². The molecule has 0 bridgehead atoms. The monoisotopic (exact) mass is 318 g/mol. The Balaban J connectivity index is 2.13. The number of amides is 1. The molecular weight excluding hydrogens is 296 g/mol. The number of rotatable bonds is 4. The van der Waals surface area contributed by atoms with Gasteiger partial charge in [-0.2, -0.15) is 0 Å². The van der Waals surface area contributed by atoms with Crippen LogP contribution in [-0.2, 0) is 16.0 Å². The number of carbonyl (C=O) groups is 2. The molecule has 0 aliphatic heterocycles. The van der Waals surface area contributed by atoms with E-state index in [1.54, 1.807) is 26.8 Å². The minimum atomic E-state index is -0.540. The molecule has 1 aromatic heterocycles.